The molecule has 0 atom stereocenters. The monoisotopic (exact) mass is 211 g/mol. The summed E-state index contributed by atoms with van der Waals surface area (Å²) in [4.78, 5) is 11.9. The largest absolute Gasteiger partial charge is 0.497 e. The number of nitrogens with one attached hydrogen (secondary N) is 1. The molecular formula is C10H13NO2S. The molecule has 14 heavy (non-hydrogen) atoms. The molecule has 0 aromatic heterocycles. The summed E-state index contributed by atoms with van der Waals surface area (Å²) in [6.45, 7) is 1.49. The van der Waals surface area contributed by atoms with Gasteiger partial charge in [-0.15, -0.1) is 11.8 Å². The van der Waals surface area contributed by atoms with Gasteiger partial charge in [0.2, 0.25) is 5.91 Å². The highest BCUT2D eigenvalue weighted by molar-refractivity contribution is 7.98. The van der Waals surface area contributed by atoms with E-state index in [0.29, 0.717) is 0 Å². The summed E-state index contributed by atoms with van der Waals surface area (Å²) in [5.41, 5.74) is 0.825. The molecule has 0 saturated carbocycles. The molecule has 76 valence electrons. The first-order chi connectivity index (χ1) is 6.67. The van der Waals surface area contributed by atoms with E-state index in [1.54, 1.807) is 18.9 Å². The summed E-state index contributed by atoms with van der Waals surface area (Å²) >= 11 is 1.57. The van der Waals surface area contributed by atoms with E-state index in [-0.39, 0.29) is 5.91 Å². The second-order valence-corrected chi connectivity index (χ2v) is 3.60. The van der Waals surface area contributed by atoms with Crippen LogP contribution in [0.3, 0.4) is 0 Å². The molecule has 1 N–H and O–H groups in total. The Kier molecular flexibility index (Phi) is 3.83. The fourth-order valence-corrected chi connectivity index (χ4v) is 1.66. The summed E-state index contributed by atoms with van der Waals surface area (Å²) in [6, 6.07) is 5.56. The third kappa shape index (κ3) is 2.67. The third-order valence-corrected chi connectivity index (χ3v) is 2.50. The van der Waals surface area contributed by atoms with Gasteiger partial charge in [-0.3, -0.25) is 4.79 Å². The van der Waals surface area contributed by atoms with Gasteiger partial charge in [0.25, 0.3) is 0 Å². The Labute approximate surface area is 87.8 Å². The van der Waals surface area contributed by atoms with E-state index in [1.165, 1.54) is 6.92 Å². The van der Waals surface area contributed by atoms with E-state index in [4.69, 9.17) is 4.74 Å². The molecule has 1 aromatic rings. The molecule has 0 aliphatic carbocycles. The van der Waals surface area contributed by atoms with Gasteiger partial charge in [-0.05, 0) is 24.5 Å². The van der Waals surface area contributed by atoms with Crippen LogP contribution in [0.2, 0.25) is 0 Å². The van der Waals surface area contributed by atoms with Crippen molar-refractivity contribution in [2.24, 2.45) is 0 Å². The molecule has 4 heteroatoms. The lowest BCUT2D eigenvalue weighted by molar-refractivity contribution is -0.114. The van der Waals surface area contributed by atoms with Crippen LogP contribution in [0.25, 0.3) is 0 Å². The lowest BCUT2D eigenvalue weighted by Crippen LogP contribution is -2.06. The number of anilines is 1. The molecule has 0 aliphatic heterocycles. The first-order valence-electron chi connectivity index (χ1n) is 4.17. The van der Waals surface area contributed by atoms with Gasteiger partial charge >= 0.3 is 0 Å². The van der Waals surface area contributed by atoms with Crippen molar-refractivity contribution in [2.75, 3.05) is 18.7 Å². The lowest BCUT2D eigenvalue weighted by Gasteiger charge is -2.09. The summed E-state index contributed by atoms with van der Waals surface area (Å²) in [7, 11) is 1.62. The smallest absolute Gasteiger partial charge is 0.221 e. The predicted molar refractivity (Wildman–Crippen MR) is 59.1 cm³/mol. The maximum absolute atomic E-state index is 10.9. The lowest BCUT2D eigenvalue weighted by atomic mass is 10.3. The molecular weight excluding hydrogens is 198 g/mol. The van der Waals surface area contributed by atoms with Gasteiger partial charge in [0.05, 0.1) is 12.8 Å². The average Bonchev–Trinajstić information content (AvgIpc) is 2.17. The minimum atomic E-state index is -0.0644. The van der Waals surface area contributed by atoms with Gasteiger partial charge < -0.3 is 10.1 Å². The fourth-order valence-electron chi connectivity index (χ4n) is 1.09. The first kappa shape index (κ1) is 10.9. The van der Waals surface area contributed by atoms with E-state index in [0.717, 1.165) is 16.3 Å². The molecule has 1 rings (SSSR count). The minimum Gasteiger partial charge on any atom is -0.497 e. The normalized spacial score (nSPS) is 9.64. The van der Waals surface area contributed by atoms with Crippen molar-refractivity contribution in [2.45, 2.75) is 11.8 Å². The molecule has 3 nitrogen and oxygen atoms in total. The highest BCUT2D eigenvalue weighted by Gasteiger charge is 2.04. The van der Waals surface area contributed by atoms with Gasteiger partial charge in [0.15, 0.2) is 0 Å². The van der Waals surface area contributed by atoms with Gasteiger partial charge in [0.1, 0.15) is 5.75 Å². The van der Waals surface area contributed by atoms with Crippen LogP contribution in [-0.4, -0.2) is 19.3 Å². The van der Waals surface area contributed by atoms with Crippen molar-refractivity contribution in [3.05, 3.63) is 18.2 Å². The molecule has 0 unspecified atom stereocenters. The predicted octanol–water partition coefficient (Wildman–Crippen LogP) is 2.38. The zero-order chi connectivity index (χ0) is 10.6. The third-order valence-electron chi connectivity index (χ3n) is 1.72. The SMILES string of the molecule is COc1ccc(NC(C)=O)c(SC)c1. The number of carbonyl (C=O) groups is 1. The summed E-state index contributed by atoms with van der Waals surface area (Å²) in [5.74, 6) is 0.730. The van der Waals surface area contributed by atoms with Gasteiger partial charge in [-0.2, -0.15) is 0 Å². The van der Waals surface area contributed by atoms with Gasteiger partial charge in [-0.25, -0.2) is 0 Å². The Morgan fingerprint density at radius 3 is 2.71 bits per heavy atom. The fraction of sp³-hybridized carbons (Fsp3) is 0.300. The van der Waals surface area contributed by atoms with Crippen LogP contribution in [0.15, 0.2) is 23.1 Å². The second kappa shape index (κ2) is 4.91. The molecule has 0 bridgehead atoms. The van der Waals surface area contributed by atoms with Crippen LogP contribution in [0.1, 0.15) is 6.92 Å². The number of ether oxygens (including phenoxy) is 1. The van der Waals surface area contributed by atoms with E-state index in [1.807, 2.05) is 24.5 Å². The van der Waals surface area contributed by atoms with Crippen molar-refractivity contribution in [3.8, 4) is 5.75 Å². The van der Waals surface area contributed by atoms with Crippen molar-refractivity contribution in [1.82, 2.24) is 0 Å². The highest BCUT2D eigenvalue weighted by atomic mass is 32.2. The molecule has 0 fully saturated rings. The number of methoxy groups -OCH3 is 1. The standard InChI is InChI=1S/C10H13NO2S/c1-7(12)11-9-5-4-8(13-2)6-10(9)14-3/h4-6H,1-3H3,(H,11,12). The number of hydrogen-bond acceptors (Lipinski definition) is 3. The minimum absolute atomic E-state index is 0.0644. The van der Waals surface area contributed by atoms with Gasteiger partial charge in [0, 0.05) is 11.8 Å². The number of benzene rings is 1. The van der Waals surface area contributed by atoms with E-state index < -0.39 is 0 Å². The molecule has 0 saturated heterocycles. The van der Waals surface area contributed by atoms with Crippen LogP contribution in [-0.2, 0) is 4.79 Å². The number of amides is 1. The van der Waals surface area contributed by atoms with Crippen LogP contribution in [0.5, 0.6) is 5.75 Å². The second-order valence-electron chi connectivity index (χ2n) is 2.75. The van der Waals surface area contributed by atoms with E-state index in [2.05, 4.69) is 5.32 Å². The quantitative estimate of drug-likeness (QED) is 0.780. The van der Waals surface area contributed by atoms with Crippen molar-refractivity contribution >= 4 is 23.4 Å². The van der Waals surface area contributed by atoms with Crippen LogP contribution >= 0.6 is 11.8 Å². The summed E-state index contributed by atoms with van der Waals surface area (Å²) < 4.78 is 5.09. The molecule has 0 spiro atoms. The maximum Gasteiger partial charge on any atom is 0.221 e. The Bertz CT molecular complexity index is 339. The zero-order valence-electron chi connectivity index (χ0n) is 8.46. The topological polar surface area (TPSA) is 38.3 Å². The van der Waals surface area contributed by atoms with E-state index >= 15 is 0 Å². The average molecular weight is 211 g/mol. The van der Waals surface area contributed by atoms with Gasteiger partial charge in [-0.1, -0.05) is 0 Å². The van der Waals surface area contributed by atoms with Crippen LogP contribution in [0, 0.1) is 0 Å². The number of thioether (sulfide) groups is 1. The molecule has 0 radical (unpaired) electrons. The molecule has 0 aliphatic rings. The number of carbonyl (C=O) groups excluding carboxylic acids is 1. The summed E-state index contributed by atoms with van der Waals surface area (Å²) in [6.07, 6.45) is 1.96. The number of rotatable bonds is 3. The van der Waals surface area contributed by atoms with Crippen molar-refractivity contribution in [1.29, 1.82) is 0 Å². The Hall–Kier alpha value is -1.16. The molecule has 0 heterocycles. The first-order valence-corrected chi connectivity index (χ1v) is 5.39. The Morgan fingerprint density at radius 1 is 1.50 bits per heavy atom. The zero-order valence-corrected chi connectivity index (χ0v) is 9.27. The van der Waals surface area contributed by atoms with Crippen molar-refractivity contribution in [3.63, 3.8) is 0 Å². The van der Waals surface area contributed by atoms with Crippen LogP contribution in [0.4, 0.5) is 5.69 Å². The molecule has 1 aromatic carbocycles. The van der Waals surface area contributed by atoms with Crippen LogP contribution < -0.4 is 10.1 Å². The summed E-state index contributed by atoms with van der Waals surface area (Å²) in [5, 5.41) is 2.76. The Morgan fingerprint density at radius 2 is 2.21 bits per heavy atom. The van der Waals surface area contributed by atoms with Crippen molar-refractivity contribution < 1.29 is 9.53 Å². The Balaban J connectivity index is 2.98. The highest BCUT2D eigenvalue weighted by Crippen LogP contribution is 2.29. The van der Waals surface area contributed by atoms with E-state index in [9.17, 15) is 4.79 Å². The maximum atomic E-state index is 10.9. The molecule has 1 amide bonds. The number of hydrogen-bond donors (Lipinski definition) is 1.